The summed E-state index contributed by atoms with van der Waals surface area (Å²) in [6, 6.07) is 0.454. The molecule has 0 aromatic heterocycles. The van der Waals surface area contributed by atoms with E-state index < -0.39 is 0 Å². The quantitative estimate of drug-likeness (QED) is 0.458. The second kappa shape index (κ2) is 4.86. The third-order valence-electron chi connectivity index (χ3n) is 2.26. The second-order valence-corrected chi connectivity index (χ2v) is 3.11. The SMILES string of the molecule is CN1CCCCC1/C=C\N=C=O. The van der Waals surface area contributed by atoms with E-state index in [4.69, 9.17) is 0 Å². The molecule has 1 atom stereocenters. The van der Waals surface area contributed by atoms with Crippen molar-refractivity contribution in [3.05, 3.63) is 12.3 Å². The van der Waals surface area contributed by atoms with Gasteiger partial charge in [-0.05, 0) is 32.5 Å². The maximum absolute atomic E-state index is 9.77. The smallest absolute Gasteiger partial charge is 0.239 e. The highest BCUT2D eigenvalue weighted by atomic mass is 16.1. The minimum atomic E-state index is 0.454. The third kappa shape index (κ3) is 2.61. The lowest BCUT2D eigenvalue weighted by atomic mass is 10.0. The molecular weight excluding hydrogens is 152 g/mol. The zero-order valence-corrected chi connectivity index (χ0v) is 7.36. The lowest BCUT2D eigenvalue weighted by Gasteiger charge is -2.29. The van der Waals surface area contributed by atoms with E-state index in [0.29, 0.717) is 6.04 Å². The molecule has 0 radical (unpaired) electrons. The highest BCUT2D eigenvalue weighted by Crippen LogP contribution is 2.15. The minimum Gasteiger partial charge on any atom is -0.300 e. The predicted molar refractivity (Wildman–Crippen MR) is 47.5 cm³/mol. The maximum Gasteiger partial charge on any atom is 0.239 e. The van der Waals surface area contributed by atoms with Crippen LogP contribution in [-0.4, -0.2) is 30.6 Å². The van der Waals surface area contributed by atoms with Crippen molar-refractivity contribution in [3.8, 4) is 0 Å². The summed E-state index contributed by atoms with van der Waals surface area (Å²) in [5.41, 5.74) is 0. The van der Waals surface area contributed by atoms with Gasteiger partial charge in [0.05, 0.1) is 0 Å². The van der Waals surface area contributed by atoms with Crippen molar-refractivity contribution in [2.75, 3.05) is 13.6 Å². The van der Waals surface area contributed by atoms with Crippen molar-refractivity contribution in [2.24, 2.45) is 4.99 Å². The summed E-state index contributed by atoms with van der Waals surface area (Å²) in [7, 11) is 2.10. The number of carbonyl (C=O) groups excluding carboxylic acids is 1. The molecule has 0 aliphatic carbocycles. The largest absolute Gasteiger partial charge is 0.300 e. The van der Waals surface area contributed by atoms with Gasteiger partial charge in [0.15, 0.2) is 0 Å². The molecule has 1 fully saturated rings. The summed E-state index contributed by atoms with van der Waals surface area (Å²) < 4.78 is 0. The predicted octanol–water partition coefficient (Wildman–Crippen LogP) is 1.32. The molecule has 1 aliphatic heterocycles. The zero-order valence-electron chi connectivity index (χ0n) is 7.36. The molecule has 1 aliphatic rings. The van der Waals surface area contributed by atoms with Gasteiger partial charge in [-0.15, -0.1) is 0 Å². The van der Waals surface area contributed by atoms with E-state index in [1.165, 1.54) is 25.3 Å². The molecule has 0 N–H and O–H groups in total. The summed E-state index contributed by atoms with van der Waals surface area (Å²) >= 11 is 0. The van der Waals surface area contributed by atoms with E-state index in [-0.39, 0.29) is 0 Å². The van der Waals surface area contributed by atoms with E-state index >= 15 is 0 Å². The second-order valence-electron chi connectivity index (χ2n) is 3.11. The molecule has 1 rings (SSSR count). The van der Waals surface area contributed by atoms with Gasteiger partial charge in [-0.2, -0.15) is 4.99 Å². The number of isocyanates is 1. The van der Waals surface area contributed by atoms with Crippen molar-refractivity contribution >= 4 is 6.08 Å². The molecule has 0 saturated carbocycles. The van der Waals surface area contributed by atoms with Crippen LogP contribution in [0.1, 0.15) is 19.3 Å². The average molecular weight is 166 g/mol. The zero-order chi connectivity index (χ0) is 8.81. The van der Waals surface area contributed by atoms with Crippen LogP contribution in [0.25, 0.3) is 0 Å². The standard InChI is InChI=1S/C9H14N2O/c1-11-7-3-2-4-9(11)5-6-10-8-12/h5-6,9H,2-4,7H2,1H3/b6-5-. The van der Waals surface area contributed by atoms with Gasteiger partial charge in [-0.3, -0.25) is 4.90 Å². The molecule has 0 amide bonds. The first-order valence-electron chi connectivity index (χ1n) is 4.28. The Morgan fingerprint density at radius 2 is 2.42 bits per heavy atom. The van der Waals surface area contributed by atoms with Crippen LogP contribution in [0.4, 0.5) is 0 Å². The summed E-state index contributed by atoms with van der Waals surface area (Å²) in [4.78, 5) is 15.4. The van der Waals surface area contributed by atoms with Gasteiger partial charge < -0.3 is 0 Å². The molecule has 3 nitrogen and oxygen atoms in total. The fourth-order valence-corrected chi connectivity index (χ4v) is 1.52. The van der Waals surface area contributed by atoms with Gasteiger partial charge in [-0.25, -0.2) is 4.79 Å². The van der Waals surface area contributed by atoms with E-state index in [9.17, 15) is 4.79 Å². The summed E-state index contributed by atoms with van der Waals surface area (Å²) in [6.45, 7) is 1.14. The Morgan fingerprint density at radius 3 is 3.08 bits per heavy atom. The summed E-state index contributed by atoms with van der Waals surface area (Å²) in [5, 5.41) is 0. The molecule has 66 valence electrons. The molecule has 1 unspecified atom stereocenters. The molecular formula is C9H14N2O. The van der Waals surface area contributed by atoms with Gasteiger partial charge in [0.1, 0.15) is 0 Å². The highest BCUT2D eigenvalue weighted by Gasteiger charge is 2.15. The number of hydrogen-bond acceptors (Lipinski definition) is 3. The van der Waals surface area contributed by atoms with Crippen molar-refractivity contribution in [1.82, 2.24) is 4.90 Å². The molecule has 12 heavy (non-hydrogen) atoms. The first-order valence-corrected chi connectivity index (χ1v) is 4.28. The van der Waals surface area contributed by atoms with Crippen LogP contribution >= 0.6 is 0 Å². The Labute approximate surface area is 72.8 Å². The van der Waals surface area contributed by atoms with Crippen molar-refractivity contribution in [1.29, 1.82) is 0 Å². The first-order chi connectivity index (χ1) is 5.84. The van der Waals surface area contributed by atoms with Crippen molar-refractivity contribution in [2.45, 2.75) is 25.3 Å². The lowest BCUT2D eigenvalue weighted by molar-refractivity contribution is 0.222. The van der Waals surface area contributed by atoms with Crippen molar-refractivity contribution < 1.29 is 4.79 Å². The Kier molecular flexibility index (Phi) is 3.71. The van der Waals surface area contributed by atoms with Gasteiger partial charge >= 0.3 is 0 Å². The topological polar surface area (TPSA) is 32.7 Å². The summed E-state index contributed by atoms with van der Waals surface area (Å²) in [5.74, 6) is 0. The molecule has 0 bridgehead atoms. The number of rotatable bonds is 2. The van der Waals surface area contributed by atoms with Crippen molar-refractivity contribution in [3.63, 3.8) is 0 Å². The van der Waals surface area contributed by atoms with Crippen LogP contribution in [0.3, 0.4) is 0 Å². The molecule has 1 saturated heterocycles. The normalized spacial score (nSPS) is 25.6. The summed E-state index contributed by atoms with van der Waals surface area (Å²) in [6.07, 6.45) is 8.71. The average Bonchev–Trinajstić information content (AvgIpc) is 2.09. The minimum absolute atomic E-state index is 0.454. The number of piperidine rings is 1. The van der Waals surface area contributed by atoms with Crippen LogP contribution in [0.15, 0.2) is 17.3 Å². The Morgan fingerprint density at radius 1 is 1.58 bits per heavy atom. The van der Waals surface area contributed by atoms with E-state index in [0.717, 1.165) is 6.54 Å². The van der Waals surface area contributed by atoms with Gasteiger partial charge in [0.2, 0.25) is 6.08 Å². The van der Waals surface area contributed by atoms with E-state index in [1.54, 1.807) is 6.20 Å². The van der Waals surface area contributed by atoms with E-state index in [2.05, 4.69) is 16.9 Å². The highest BCUT2D eigenvalue weighted by molar-refractivity contribution is 5.34. The number of hydrogen-bond donors (Lipinski definition) is 0. The number of aliphatic imine (C=N–C) groups is 1. The molecule has 0 aromatic carbocycles. The fourth-order valence-electron chi connectivity index (χ4n) is 1.52. The van der Waals surface area contributed by atoms with Crippen LogP contribution in [0.2, 0.25) is 0 Å². The van der Waals surface area contributed by atoms with Gasteiger partial charge in [0.25, 0.3) is 0 Å². The Bertz CT molecular complexity index is 207. The Hall–Kier alpha value is -0.920. The van der Waals surface area contributed by atoms with Crippen LogP contribution < -0.4 is 0 Å². The van der Waals surface area contributed by atoms with Gasteiger partial charge in [0, 0.05) is 12.2 Å². The molecule has 0 spiro atoms. The fraction of sp³-hybridized carbons (Fsp3) is 0.667. The molecule has 3 heteroatoms. The molecule has 1 heterocycles. The maximum atomic E-state index is 9.77. The van der Waals surface area contributed by atoms with E-state index in [1.807, 2.05) is 6.08 Å². The Balaban J connectivity index is 2.43. The monoisotopic (exact) mass is 166 g/mol. The van der Waals surface area contributed by atoms with Crippen LogP contribution in [0.5, 0.6) is 0 Å². The third-order valence-corrected chi connectivity index (χ3v) is 2.26. The van der Waals surface area contributed by atoms with Crippen LogP contribution in [-0.2, 0) is 4.79 Å². The number of nitrogens with zero attached hydrogens (tertiary/aromatic N) is 2. The number of likely N-dealkylation sites (tertiary alicyclic amines) is 1. The molecule has 0 aromatic rings. The van der Waals surface area contributed by atoms with Crippen LogP contribution in [0, 0.1) is 0 Å². The van der Waals surface area contributed by atoms with Gasteiger partial charge in [-0.1, -0.05) is 6.42 Å². The first kappa shape index (κ1) is 9.17. The lowest BCUT2D eigenvalue weighted by Crippen LogP contribution is -2.34. The number of likely N-dealkylation sites (N-methyl/N-ethyl adjacent to an activating group) is 1.